The molecule has 0 amide bonds. The molecule has 0 unspecified atom stereocenters. The van der Waals surface area contributed by atoms with Crippen LogP contribution in [0, 0.1) is 0 Å². The zero-order valence-electron chi connectivity index (χ0n) is 10.3. The molecule has 1 aromatic rings. The zero-order chi connectivity index (χ0) is 16.4. The molecule has 118 valence electrons. The number of halogens is 3. The third kappa shape index (κ3) is 4.41. The van der Waals surface area contributed by atoms with Crippen molar-refractivity contribution in [2.45, 2.75) is 23.3 Å². The first-order valence-corrected chi connectivity index (χ1v) is 7.09. The van der Waals surface area contributed by atoms with Crippen molar-refractivity contribution in [1.82, 2.24) is 0 Å². The summed E-state index contributed by atoms with van der Waals surface area (Å²) in [6, 6.07) is 2.79. The maximum Gasteiger partial charge on any atom is 0.416 e. The van der Waals surface area contributed by atoms with Gasteiger partial charge in [-0.05, 0) is 18.2 Å². The molecule has 0 aromatic heterocycles. The van der Waals surface area contributed by atoms with Crippen molar-refractivity contribution in [1.29, 1.82) is 0 Å². The van der Waals surface area contributed by atoms with Gasteiger partial charge in [0.15, 0.2) is 15.9 Å². The first-order chi connectivity index (χ1) is 9.45. The van der Waals surface area contributed by atoms with Crippen molar-refractivity contribution < 1.29 is 41.7 Å². The van der Waals surface area contributed by atoms with Gasteiger partial charge in [-0.25, -0.2) is 13.2 Å². The van der Waals surface area contributed by atoms with Crippen molar-refractivity contribution in [3.8, 4) is 0 Å². The zero-order valence-corrected chi connectivity index (χ0v) is 11.1. The number of sulfone groups is 1. The average molecular weight is 328 g/mol. The van der Waals surface area contributed by atoms with E-state index in [2.05, 4.69) is 0 Å². The van der Waals surface area contributed by atoms with Gasteiger partial charge in [-0.2, -0.15) is 13.2 Å². The molecule has 0 bridgehead atoms. The molecule has 1 rings (SSSR count). The molecule has 0 radical (unpaired) electrons. The van der Waals surface area contributed by atoms with Gasteiger partial charge < -0.3 is 15.3 Å². The summed E-state index contributed by atoms with van der Waals surface area (Å²) in [6.45, 7) is 0. The van der Waals surface area contributed by atoms with Crippen LogP contribution in [0.2, 0.25) is 0 Å². The number of aliphatic hydroxyl groups is 2. The number of hydrogen-bond donors (Lipinski definition) is 3. The Morgan fingerprint density at radius 2 is 1.81 bits per heavy atom. The van der Waals surface area contributed by atoms with Crippen molar-refractivity contribution >= 4 is 15.8 Å². The summed E-state index contributed by atoms with van der Waals surface area (Å²) in [5, 5.41) is 26.7. The summed E-state index contributed by atoms with van der Waals surface area (Å²) in [7, 11) is -4.39. The topological polar surface area (TPSA) is 112 Å². The summed E-state index contributed by atoms with van der Waals surface area (Å²) in [4.78, 5) is 9.67. The fourth-order valence-electron chi connectivity index (χ4n) is 1.44. The second-order valence-electron chi connectivity index (χ2n) is 4.16. The Kier molecular flexibility index (Phi) is 4.97. The Morgan fingerprint density at radius 3 is 2.29 bits per heavy atom. The van der Waals surface area contributed by atoms with Crippen LogP contribution < -0.4 is 0 Å². The molecule has 0 aliphatic carbocycles. The Labute approximate surface area is 117 Å². The molecule has 1 aromatic carbocycles. The van der Waals surface area contributed by atoms with Gasteiger partial charge in [0, 0.05) is 0 Å². The minimum absolute atomic E-state index is 0.370. The van der Waals surface area contributed by atoms with E-state index >= 15 is 0 Å². The first-order valence-electron chi connectivity index (χ1n) is 5.44. The molecule has 0 aliphatic rings. The number of aliphatic carboxylic acids is 1. The molecule has 10 heteroatoms. The monoisotopic (exact) mass is 328 g/mol. The van der Waals surface area contributed by atoms with Crippen LogP contribution in [0.3, 0.4) is 0 Å². The fraction of sp³-hybridized carbons (Fsp3) is 0.364. The van der Waals surface area contributed by atoms with Gasteiger partial charge in [0.25, 0.3) is 0 Å². The maximum absolute atomic E-state index is 12.5. The van der Waals surface area contributed by atoms with Gasteiger partial charge in [-0.3, -0.25) is 0 Å². The summed E-state index contributed by atoms with van der Waals surface area (Å²) in [6.07, 6.45) is -9.27. The van der Waals surface area contributed by atoms with Gasteiger partial charge >= 0.3 is 12.1 Å². The highest BCUT2D eigenvalue weighted by molar-refractivity contribution is 7.91. The van der Waals surface area contributed by atoms with Gasteiger partial charge in [0.05, 0.1) is 16.2 Å². The molecular formula is C11H11F3O6S. The molecule has 0 fully saturated rings. The molecular weight excluding hydrogens is 317 g/mol. The largest absolute Gasteiger partial charge is 0.479 e. The summed E-state index contributed by atoms with van der Waals surface area (Å²) >= 11 is 0. The highest BCUT2D eigenvalue weighted by Gasteiger charge is 2.33. The van der Waals surface area contributed by atoms with E-state index in [1.54, 1.807) is 0 Å². The Hall–Kier alpha value is -1.65. The minimum Gasteiger partial charge on any atom is -0.479 e. The fourth-order valence-corrected chi connectivity index (χ4v) is 2.86. The van der Waals surface area contributed by atoms with Gasteiger partial charge in [0.1, 0.15) is 6.10 Å². The smallest absolute Gasteiger partial charge is 0.416 e. The standard InChI is InChI=1S/C11H11F3O6S/c12-11(13,14)6-2-1-3-7(4-6)21(19,20)5-8(15)9(16)10(17)18/h1-4,8-9,15-16H,5H2,(H,17,18)/t8-,9-/m1/s1. The number of aliphatic hydroxyl groups excluding tert-OH is 2. The predicted molar refractivity (Wildman–Crippen MR) is 63.1 cm³/mol. The normalized spacial score (nSPS) is 15.5. The molecule has 0 spiro atoms. The second kappa shape index (κ2) is 6.00. The van der Waals surface area contributed by atoms with Crippen LogP contribution in [0.4, 0.5) is 13.2 Å². The number of carboxylic acids is 1. The van der Waals surface area contributed by atoms with Crippen LogP contribution in [0.15, 0.2) is 29.2 Å². The van der Waals surface area contributed by atoms with Crippen molar-refractivity contribution in [2.75, 3.05) is 5.75 Å². The Morgan fingerprint density at radius 1 is 1.24 bits per heavy atom. The van der Waals surface area contributed by atoms with Gasteiger partial charge in [0.2, 0.25) is 0 Å². The first kappa shape index (κ1) is 17.4. The molecule has 21 heavy (non-hydrogen) atoms. The quantitative estimate of drug-likeness (QED) is 0.716. The number of benzene rings is 1. The number of rotatable bonds is 5. The third-order valence-corrected chi connectivity index (χ3v) is 4.28. The Balaban J connectivity index is 3.07. The number of carboxylic acid groups (broad SMARTS) is 1. The molecule has 0 saturated heterocycles. The lowest BCUT2D eigenvalue weighted by atomic mass is 10.2. The van der Waals surface area contributed by atoms with Gasteiger partial charge in [-0.15, -0.1) is 0 Å². The summed E-state index contributed by atoms with van der Waals surface area (Å²) < 4.78 is 61.1. The van der Waals surface area contributed by atoms with Crippen LogP contribution >= 0.6 is 0 Å². The van der Waals surface area contributed by atoms with Gasteiger partial charge in [-0.1, -0.05) is 6.07 Å². The summed E-state index contributed by atoms with van der Waals surface area (Å²) in [5.41, 5.74) is -1.20. The van der Waals surface area contributed by atoms with Crippen LogP contribution in [0.1, 0.15) is 5.56 Å². The minimum atomic E-state index is -4.75. The highest BCUT2D eigenvalue weighted by atomic mass is 32.2. The van der Waals surface area contributed by atoms with Crippen LogP contribution in [-0.2, 0) is 20.8 Å². The molecule has 2 atom stereocenters. The molecule has 3 N–H and O–H groups in total. The molecule has 0 aliphatic heterocycles. The van der Waals surface area contributed by atoms with E-state index < -0.39 is 50.4 Å². The van der Waals surface area contributed by atoms with E-state index in [9.17, 15) is 31.5 Å². The predicted octanol–water partition coefficient (Wildman–Crippen LogP) is 0.285. The van der Waals surface area contributed by atoms with E-state index in [-0.39, 0.29) is 0 Å². The highest BCUT2D eigenvalue weighted by Crippen LogP contribution is 2.30. The third-order valence-electron chi connectivity index (χ3n) is 2.53. The van der Waals surface area contributed by atoms with E-state index in [1.165, 1.54) is 0 Å². The van der Waals surface area contributed by atoms with Crippen LogP contribution in [-0.4, -0.2) is 47.7 Å². The number of carbonyl (C=O) groups is 1. The van der Waals surface area contributed by atoms with Crippen LogP contribution in [0.5, 0.6) is 0 Å². The summed E-state index contributed by atoms with van der Waals surface area (Å²) in [5.74, 6) is -3.07. The van der Waals surface area contributed by atoms with Crippen molar-refractivity contribution in [3.05, 3.63) is 29.8 Å². The van der Waals surface area contributed by atoms with E-state index in [1.807, 2.05) is 0 Å². The van der Waals surface area contributed by atoms with E-state index in [0.29, 0.717) is 12.1 Å². The maximum atomic E-state index is 12.5. The van der Waals surface area contributed by atoms with Crippen molar-refractivity contribution in [3.63, 3.8) is 0 Å². The van der Waals surface area contributed by atoms with E-state index in [4.69, 9.17) is 10.2 Å². The Bertz CT molecular complexity index is 625. The lowest BCUT2D eigenvalue weighted by Gasteiger charge is -2.15. The molecule has 0 saturated carbocycles. The molecule has 6 nitrogen and oxygen atoms in total. The number of hydrogen-bond acceptors (Lipinski definition) is 5. The lowest BCUT2D eigenvalue weighted by Crippen LogP contribution is -2.38. The van der Waals surface area contributed by atoms with E-state index in [0.717, 1.165) is 12.1 Å². The lowest BCUT2D eigenvalue weighted by molar-refractivity contribution is -0.151. The molecule has 0 heterocycles. The average Bonchev–Trinajstić information content (AvgIpc) is 2.36. The number of alkyl halides is 3. The van der Waals surface area contributed by atoms with Crippen LogP contribution in [0.25, 0.3) is 0 Å². The van der Waals surface area contributed by atoms with Crippen molar-refractivity contribution in [2.24, 2.45) is 0 Å². The SMILES string of the molecule is O=C(O)[C@H](O)[C@H](O)CS(=O)(=O)c1cccc(C(F)(F)F)c1. The second-order valence-corrected chi connectivity index (χ2v) is 6.19.